The summed E-state index contributed by atoms with van der Waals surface area (Å²) < 4.78 is 0.149. The number of hydrogen-bond acceptors (Lipinski definition) is 3. The van der Waals surface area contributed by atoms with E-state index in [0.29, 0.717) is 34.0 Å². The number of quaternary nitrogens is 1. The molecule has 8 heteroatoms. The zero-order valence-corrected chi connectivity index (χ0v) is 21.4. The monoisotopic (exact) mass is 527 g/mol. The second-order valence-electron chi connectivity index (χ2n) is 9.25. The summed E-state index contributed by atoms with van der Waals surface area (Å²) in [7, 11) is 0. The Hall–Kier alpha value is -2.41. The minimum atomic E-state index is -0.118. The molecule has 1 atom stereocenters. The molecule has 3 aromatic rings. The van der Waals surface area contributed by atoms with Gasteiger partial charge in [-0.2, -0.15) is 0 Å². The smallest absolute Gasteiger partial charge is 0.317 e. The third-order valence-corrected chi connectivity index (χ3v) is 7.78. The number of aromatic nitrogens is 1. The third kappa shape index (κ3) is 4.84. The van der Waals surface area contributed by atoms with Gasteiger partial charge in [0, 0.05) is 27.9 Å². The number of benzene rings is 2. The lowest BCUT2D eigenvalue weighted by Crippen LogP contribution is -2.58. The molecule has 2 aliphatic heterocycles. The maximum Gasteiger partial charge on any atom is 0.426 e. The first-order chi connectivity index (χ1) is 16.9. The van der Waals surface area contributed by atoms with Crippen LogP contribution >= 0.6 is 34.8 Å². The molecule has 2 aliphatic rings. The molecule has 2 N–H and O–H groups in total. The lowest BCUT2D eigenvalue weighted by molar-refractivity contribution is 0.201. The van der Waals surface area contributed by atoms with Gasteiger partial charge in [-0.15, -0.1) is 0 Å². The predicted octanol–water partition coefficient (Wildman–Crippen LogP) is 6.93. The lowest BCUT2D eigenvalue weighted by atomic mass is 9.75. The molecule has 0 aliphatic carbocycles. The molecule has 3 heterocycles. The Balaban J connectivity index is 1.56. The quantitative estimate of drug-likeness (QED) is 0.285. The van der Waals surface area contributed by atoms with Gasteiger partial charge in [-0.25, -0.2) is 14.3 Å². The fourth-order valence-corrected chi connectivity index (χ4v) is 5.88. The molecular weight excluding hydrogens is 503 g/mol. The number of hydrogen-bond donors (Lipinski definition) is 2. The van der Waals surface area contributed by atoms with Crippen LogP contribution in [0, 0.1) is 0 Å². The molecule has 35 heavy (non-hydrogen) atoms. The minimum absolute atomic E-state index is 0.105. The van der Waals surface area contributed by atoms with Crippen molar-refractivity contribution in [1.29, 1.82) is 0 Å². The largest absolute Gasteiger partial charge is 0.426 e. The van der Waals surface area contributed by atoms with Gasteiger partial charge in [0.05, 0.1) is 11.1 Å². The normalized spacial score (nSPS) is 20.8. The van der Waals surface area contributed by atoms with Crippen molar-refractivity contribution >= 4 is 58.3 Å². The Bertz CT molecular complexity index is 1270. The fourth-order valence-electron chi connectivity index (χ4n) is 5.41. The Morgan fingerprint density at radius 2 is 1.77 bits per heavy atom. The van der Waals surface area contributed by atoms with Crippen LogP contribution in [0.3, 0.4) is 0 Å². The lowest BCUT2D eigenvalue weighted by Gasteiger charge is -2.36. The van der Waals surface area contributed by atoms with Crippen LogP contribution in [0.4, 0.5) is 16.2 Å². The molecule has 0 bridgehead atoms. The van der Waals surface area contributed by atoms with Gasteiger partial charge in [-0.1, -0.05) is 53.0 Å². The van der Waals surface area contributed by atoms with Crippen molar-refractivity contribution in [3.63, 3.8) is 0 Å². The van der Waals surface area contributed by atoms with Crippen LogP contribution in [0.1, 0.15) is 24.0 Å². The number of nitrogens with zero attached hydrogens (tertiary/aromatic N) is 2. The van der Waals surface area contributed by atoms with Crippen molar-refractivity contribution in [2.75, 3.05) is 31.5 Å². The van der Waals surface area contributed by atoms with Crippen molar-refractivity contribution in [1.82, 2.24) is 14.8 Å². The fraction of sp³-hybridized carbons (Fsp3) is 0.259. The Labute approximate surface area is 220 Å². The number of fused-ring (bicyclic) bond motifs is 2. The molecule has 1 saturated heterocycles. The van der Waals surface area contributed by atoms with E-state index in [1.54, 1.807) is 18.3 Å². The first-order valence-corrected chi connectivity index (χ1v) is 12.8. The molecule has 0 radical (unpaired) electrons. The molecule has 1 fully saturated rings. The summed E-state index contributed by atoms with van der Waals surface area (Å²) in [5.41, 5.74) is 3.70. The zero-order valence-electron chi connectivity index (χ0n) is 19.1. The van der Waals surface area contributed by atoms with Gasteiger partial charge in [0.25, 0.3) is 0 Å². The van der Waals surface area contributed by atoms with Crippen LogP contribution in [0.15, 0.2) is 66.9 Å². The van der Waals surface area contributed by atoms with Crippen molar-refractivity contribution in [2.24, 2.45) is 0 Å². The molecule has 2 aromatic carbocycles. The first kappa shape index (κ1) is 24.3. The molecular formula is C27H26Cl3N4O+. The summed E-state index contributed by atoms with van der Waals surface area (Å²) in [6, 6.07) is 16.9. The molecule has 1 aromatic heterocycles. The van der Waals surface area contributed by atoms with Crippen molar-refractivity contribution < 1.29 is 4.79 Å². The number of piperidine rings is 1. The summed E-state index contributed by atoms with van der Waals surface area (Å²) in [5.74, 6) is 0. The van der Waals surface area contributed by atoms with Crippen LogP contribution in [0.25, 0.3) is 6.08 Å². The van der Waals surface area contributed by atoms with E-state index in [2.05, 4.69) is 27.8 Å². The number of amides is 2. The van der Waals surface area contributed by atoms with Crippen molar-refractivity contribution in [2.45, 2.75) is 18.3 Å². The van der Waals surface area contributed by atoms with Gasteiger partial charge in [0.2, 0.25) is 0 Å². The van der Waals surface area contributed by atoms with Gasteiger partial charge >= 0.3 is 6.03 Å². The molecule has 1 spiro atoms. The van der Waals surface area contributed by atoms with Crippen LogP contribution in [-0.2, 0) is 5.41 Å². The van der Waals surface area contributed by atoms with Gasteiger partial charge in [-0.05, 0) is 74.0 Å². The van der Waals surface area contributed by atoms with Gasteiger partial charge in [0.15, 0.2) is 0 Å². The highest BCUT2D eigenvalue weighted by Crippen LogP contribution is 2.51. The second kappa shape index (κ2) is 9.92. The number of carbonyl (C=O) groups is 1. The summed E-state index contributed by atoms with van der Waals surface area (Å²) in [6.07, 6.45) is 7.61. The third-order valence-electron chi connectivity index (χ3n) is 7.09. The topological polar surface area (TPSA) is 54.0 Å². The maximum atomic E-state index is 14.1. The molecule has 2 amide bonds. The number of halogens is 3. The molecule has 0 saturated carbocycles. The Kier molecular flexibility index (Phi) is 6.88. The van der Waals surface area contributed by atoms with Crippen LogP contribution in [0.2, 0.25) is 15.2 Å². The number of rotatable bonds is 4. The highest BCUT2D eigenvalue weighted by Gasteiger charge is 2.57. The second-order valence-corrected chi connectivity index (χ2v) is 10.5. The van der Waals surface area contributed by atoms with E-state index in [0.717, 1.165) is 37.2 Å². The van der Waals surface area contributed by atoms with E-state index in [4.69, 9.17) is 34.8 Å². The number of pyridine rings is 1. The van der Waals surface area contributed by atoms with Crippen LogP contribution in [0.5, 0.6) is 0 Å². The molecule has 5 nitrogen and oxygen atoms in total. The highest BCUT2D eigenvalue weighted by atomic mass is 35.5. The SMILES string of the molecule is O=C(Nc1ccnc(Cl)c1)[N+]1(C/C=C/c2ccc(Cl)cc2)CC2(CCNCC2)c2cc(Cl)ccc21. The number of urea groups is 1. The van der Waals surface area contributed by atoms with E-state index >= 15 is 0 Å². The van der Waals surface area contributed by atoms with E-state index in [1.165, 1.54) is 5.56 Å². The van der Waals surface area contributed by atoms with Gasteiger partial charge in [-0.3, -0.25) is 5.32 Å². The Morgan fingerprint density at radius 1 is 1.03 bits per heavy atom. The maximum absolute atomic E-state index is 14.1. The van der Waals surface area contributed by atoms with Crippen LogP contribution < -0.4 is 15.1 Å². The first-order valence-electron chi connectivity index (χ1n) is 11.6. The number of nitrogens with one attached hydrogen (secondary N) is 2. The average molecular weight is 529 g/mol. The summed E-state index contributed by atoms with van der Waals surface area (Å²) in [4.78, 5) is 18.1. The summed E-state index contributed by atoms with van der Waals surface area (Å²) in [6.45, 7) is 2.99. The van der Waals surface area contributed by atoms with Gasteiger partial charge in [0.1, 0.15) is 23.9 Å². The van der Waals surface area contributed by atoms with E-state index in [-0.39, 0.29) is 15.9 Å². The molecule has 1 unspecified atom stereocenters. The summed E-state index contributed by atoms with van der Waals surface area (Å²) >= 11 is 18.6. The van der Waals surface area contributed by atoms with Crippen molar-refractivity contribution in [3.8, 4) is 0 Å². The Morgan fingerprint density at radius 3 is 2.51 bits per heavy atom. The average Bonchev–Trinajstić information content (AvgIpc) is 3.10. The van der Waals surface area contributed by atoms with Crippen LogP contribution in [-0.4, -0.2) is 37.2 Å². The standard InChI is InChI=1S/C27H25Cl3N4O/c28-20-5-3-19(4-6-20)2-1-15-34(26(35)33-22-9-12-32-25(30)17-22)18-27(10-13-31-14-11-27)23-16-21(29)7-8-24(23)34/h1-9,12,16-17,31H,10-11,13-15,18H2/p+1/b2-1+. The molecule has 180 valence electrons. The van der Waals surface area contributed by atoms with E-state index in [1.807, 2.05) is 42.5 Å². The summed E-state index contributed by atoms with van der Waals surface area (Å²) in [5, 5.41) is 8.30. The van der Waals surface area contributed by atoms with Crippen molar-refractivity contribution in [3.05, 3.63) is 93.2 Å². The van der Waals surface area contributed by atoms with Gasteiger partial charge < -0.3 is 5.32 Å². The number of carbonyl (C=O) groups excluding carboxylic acids is 1. The predicted molar refractivity (Wildman–Crippen MR) is 146 cm³/mol. The van der Waals surface area contributed by atoms with E-state index < -0.39 is 0 Å². The molecule has 5 rings (SSSR count). The zero-order chi connectivity index (χ0) is 24.5. The highest BCUT2D eigenvalue weighted by molar-refractivity contribution is 6.31. The van der Waals surface area contributed by atoms with E-state index in [9.17, 15) is 4.79 Å². The number of anilines is 1. The minimum Gasteiger partial charge on any atom is -0.317 e.